The van der Waals surface area contributed by atoms with Crippen LogP contribution in [0.3, 0.4) is 0 Å². The molecule has 17 heavy (non-hydrogen) atoms. The number of anilines is 1. The van der Waals surface area contributed by atoms with Crippen LogP contribution >= 0.6 is 0 Å². The molecule has 1 aromatic carbocycles. The lowest BCUT2D eigenvalue weighted by Crippen LogP contribution is -2.27. The molecule has 0 heterocycles. The van der Waals surface area contributed by atoms with Crippen LogP contribution in [-0.2, 0) is 9.59 Å². The molecule has 1 rings (SSSR count). The molecule has 0 bridgehead atoms. The van der Waals surface area contributed by atoms with E-state index in [9.17, 15) is 9.59 Å². The van der Waals surface area contributed by atoms with Crippen molar-refractivity contribution in [2.45, 2.75) is 6.92 Å². The highest BCUT2D eigenvalue weighted by Gasteiger charge is 2.11. The van der Waals surface area contributed by atoms with Gasteiger partial charge >= 0.3 is 0 Å². The number of imide groups is 1. The number of hydrogen-bond donors (Lipinski definition) is 0. The van der Waals surface area contributed by atoms with Gasteiger partial charge in [-0.3, -0.25) is 9.59 Å². The molecule has 5 heteroatoms. The first-order chi connectivity index (χ1) is 8.22. The van der Waals surface area contributed by atoms with Gasteiger partial charge < -0.3 is 4.74 Å². The van der Waals surface area contributed by atoms with Gasteiger partial charge in [-0.2, -0.15) is 0 Å². The molecule has 0 N–H and O–H groups in total. The van der Waals surface area contributed by atoms with E-state index in [1.807, 2.05) is 0 Å². The highest BCUT2D eigenvalue weighted by molar-refractivity contribution is 6.12. The van der Waals surface area contributed by atoms with Crippen LogP contribution in [0.4, 0.5) is 5.69 Å². The molecule has 0 unspecified atom stereocenters. The molecule has 0 spiro atoms. The standard InChI is InChI=1S/C12H10N2O3/c1-2-3-12(16)14(9-15)10-4-6-11(7-5-10)17-8-13/h2-7,9H,1H3/b3-2-. The minimum atomic E-state index is -0.434. The Morgan fingerprint density at radius 3 is 2.53 bits per heavy atom. The smallest absolute Gasteiger partial charge is 0.292 e. The molecule has 0 saturated carbocycles. The van der Waals surface area contributed by atoms with E-state index < -0.39 is 5.91 Å². The zero-order valence-corrected chi connectivity index (χ0v) is 9.16. The fraction of sp³-hybridized carbons (Fsp3) is 0.0833. The van der Waals surface area contributed by atoms with Crippen LogP contribution in [0.1, 0.15) is 6.92 Å². The molecule has 1 aromatic rings. The molecule has 0 aromatic heterocycles. The van der Waals surface area contributed by atoms with Crippen molar-refractivity contribution in [1.29, 1.82) is 5.26 Å². The number of rotatable bonds is 4. The van der Waals surface area contributed by atoms with Gasteiger partial charge in [0.2, 0.25) is 6.41 Å². The Bertz CT molecular complexity index is 472. The van der Waals surface area contributed by atoms with Gasteiger partial charge in [0.05, 0.1) is 5.69 Å². The van der Waals surface area contributed by atoms with Crippen LogP contribution in [0, 0.1) is 11.5 Å². The second kappa shape index (κ2) is 6.08. The van der Waals surface area contributed by atoms with E-state index in [4.69, 9.17) is 5.26 Å². The summed E-state index contributed by atoms with van der Waals surface area (Å²) >= 11 is 0. The number of allylic oxidation sites excluding steroid dienone is 1. The number of carbonyl (C=O) groups is 2. The zero-order chi connectivity index (χ0) is 12.7. The maximum Gasteiger partial charge on any atom is 0.292 e. The van der Waals surface area contributed by atoms with Gasteiger partial charge in [-0.25, -0.2) is 4.90 Å². The van der Waals surface area contributed by atoms with E-state index in [1.54, 1.807) is 13.0 Å². The first-order valence-corrected chi connectivity index (χ1v) is 4.80. The molecule has 0 radical (unpaired) electrons. The van der Waals surface area contributed by atoms with E-state index in [2.05, 4.69) is 4.74 Å². The van der Waals surface area contributed by atoms with Gasteiger partial charge in [-0.1, -0.05) is 6.08 Å². The summed E-state index contributed by atoms with van der Waals surface area (Å²) in [6.07, 6.45) is 4.79. The van der Waals surface area contributed by atoms with Gasteiger partial charge in [0.25, 0.3) is 12.2 Å². The predicted molar refractivity (Wildman–Crippen MR) is 61.0 cm³/mol. The molecule has 86 valence electrons. The van der Waals surface area contributed by atoms with Crippen molar-refractivity contribution < 1.29 is 14.3 Å². The van der Waals surface area contributed by atoms with Crippen molar-refractivity contribution in [3.63, 3.8) is 0 Å². The Labute approximate surface area is 98.5 Å². The van der Waals surface area contributed by atoms with Crippen LogP contribution < -0.4 is 9.64 Å². The first kappa shape index (κ1) is 12.5. The first-order valence-electron chi connectivity index (χ1n) is 4.80. The van der Waals surface area contributed by atoms with Crippen LogP contribution in [0.25, 0.3) is 0 Å². The lowest BCUT2D eigenvalue weighted by molar-refractivity contribution is -0.118. The van der Waals surface area contributed by atoms with E-state index in [1.165, 1.54) is 36.6 Å². The monoisotopic (exact) mass is 230 g/mol. The van der Waals surface area contributed by atoms with Gasteiger partial charge in [-0.15, -0.1) is 5.26 Å². The van der Waals surface area contributed by atoms with E-state index in [0.717, 1.165) is 4.90 Å². The average molecular weight is 230 g/mol. The summed E-state index contributed by atoms with van der Waals surface area (Å²) in [5, 5.41) is 8.30. The highest BCUT2D eigenvalue weighted by Crippen LogP contribution is 2.18. The number of hydrogen-bond acceptors (Lipinski definition) is 4. The van der Waals surface area contributed by atoms with Gasteiger partial charge in [0.1, 0.15) is 5.75 Å². The van der Waals surface area contributed by atoms with Crippen LogP contribution in [0.5, 0.6) is 5.75 Å². The Kier molecular flexibility index (Phi) is 4.45. The van der Waals surface area contributed by atoms with Crippen molar-refractivity contribution in [3.05, 3.63) is 36.4 Å². The lowest BCUT2D eigenvalue weighted by Gasteiger charge is -2.13. The third-order valence-corrected chi connectivity index (χ3v) is 1.93. The summed E-state index contributed by atoms with van der Waals surface area (Å²) < 4.78 is 4.58. The second-order valence-electron chi connectivity index (χ2n) is 3.00. The normalized spacial score (nSPS) is 9.65. The van der Waals surface area contributed by atoms with Crippen LogP contribution in [-0.4, -0.2) is 12.3 Å². The molecule has 5 nitrogen and oxygen atoms in total. The van der Waals surface area contributed by atoms with Crippen molar-refractivity contribution in [3.8, 4) is 12.0 Å². The third kappa shape index (κ3) is 3.18. The van der Waals surface area contributed by atoms with Crippen molar-refractivity contribution in [2.24, 2.45) is 0 Å². The zero-order valence-electron chi connectivity index (χ0n) is 9.16. The molecular formula is C12H10N2O3. The van der Waals surface area contributed by atoms with E-state index >= 15 is 0 Å². The lowest BCUT2D eigenvalue weighted by atomic mass is 10.2. The number of benzene rings is 1. The minimum Gasteiger partial charge on any atom is -0.388 e. The fourth-order valence-electron chi connectivity index (χ4n) is 1.19. The molecular weight excluding hydrogens is 220 g/mol. The largest absolute Gasteiger partial charge is 0.388 e. The quantitative estimate of drug-likeness (QED) is 0.447. The second-order valence-corrected chi connectivity index (χ2v) is 3.00. The number of amides is 2. The van der Waals surface area contributed by atoms with Gasteiger partial charge in [0.15, 0.2) is 0 Å². The summed E-state index contributed by atoms with van der Waals surface area (Å²) in [5.74, 6) is -0.0861. The number of nitrogens with zero attached hydrogens (tertiary/aromatic N) is 2. The molecule has 0 aliphatic rings. The molecule has 0 aliphatic heterocycles. The topological polar surface area (TPSA) is 70.4 Å². The van der Waals surface area contributed by atoms with Crippen LogP contribution in [0.2, 0.25) is 0 Å². The molecule has 0 saturated heterocycles. The Morgan fingerprint density at radius 1 is 1.41 bits per heavy atom. The van der Waals surface area contributed by atoms with Crippen molar-refractivity contribution in [1.82, 2.24) is 0 Å². The predicted octanol–water partition coefficient (Wildman–Crippen LogP) is 1.61. The van der Waals surface area contributed by atoms with E-state index in [-0.39, 0.29) is 0 Å². The van der Waals surface area contributed by atoms with Gasteiger partial charge in [-0.05, 0) is 37.3 Å². The van der Waals surface area contributed by atoms with Crippen molar-refractivity contribution >= 4 is 18.0 Å². The van der Waals surface area contributed by atoms with Gasteiger partial charge in [0, 0.05) is 0 Å². The molecule has 0 aliphatic carbocycles. The fourth-order valence-corrected chi connectivity index (χ4v) is 1.19. The Balaban J connectivity index is 2.94. The maximum absolute atomic E-state index is 11.5. The van der Waals surface area contributed by atoms with E-state index in [0.29, 0.717) is 17.8 Å². The summed E-state index contributed by atoms with van der Waals surface area (Å²) in [5.41, 5.74) is 0.411. The van der Waals surface area contributed by atoms with Crippen molar-refractivity contribution in [2.75, 3.05) is 4.90 Å². The highest BCUT2D eigenvalue weighted by atomic mass is 16.5. The average Bonchev–Trinajstić information content (AvgIpc) is 2.33. The number of carbonyl (C=O) groups excluding carboxylic acids is 2. The molecule has 2 amide bonds. The third-order valence-electron chi connectivity index (χ3n) is 1.93. The summed E-state index contributed by atoms with van der Waals surface area (Å²) in [6.45, 7) is 1.69. The molecule has 0 atom stereocenters. The Morgan fingerprint density at radius 2 is 2.06 bits per heavy atom. The SMILES string of the molecule is C/C=C\C(=O)N(C=O)c1ccc(OC#N)cc1. The summed E-state index contributed by atoms with van der Waals surface area (Å²) in [7, 11) is 0. The van der Waals surface area contributed by atoms with Crippen LogP contribution in [0.15, 0.2) is 36.4 Å². The minimum absolute atomic E-state index is 0.348. The summed E-state index contributed by atoms with van der Waals surface area (Å²) in [6, 6.07) is 6.03. The summed E-state index contributed by atoms with van der Waals surface area (Å²) in [4.78, 5) is 23.3. The number of nitriles is 1. The number of ether oxygens (including phenoxy) is 1. The Hall–Kier alpha value is -2.61. The molecule has 0 fully saturated rings. The maximum atomic E-state index is 11.5.